The summed E-state index contributed by atoms with van der Waals surface area (Å²) in [6, 6.07) is 7.68. The minimum atomic E-state index is -0.814. The van der Waals surface area contributed by atoms with E-state index in [4.69, 9.17) is 5.11 Å². The fourth-order valence-corrected chi connectivity index (χ4v) is 1.60. The fourth-order valence-electron chi connectivity index (χ4n) is 1.60. The molecule has 0 bridgehead atoms. The molecule has 2 rings (SSSR count). The number of hydrogen-bond acceptors (Lipinski definition) is 2. The predicted molar refractivity (Wildman–Crippen MR) is 73.9 cm³/mol. The average molecular weight is 274 g/mol. The number of allylic oxidation sites excluding steroid dienone is 2. The molecule has 1 aliphatic heterocycles. The van der Waals surface area contributed by atoms with E-state index >= 15 is 0 Å². The van der Waals surface area contributed by atoms with Crippen molar-refractivity contribution in [2.75, 3.05) is 5.32 Å². The van der Waals surface area contributed by atoms with Crippen molar-refractivity contribution in [3.63, 3.8) is 0 Å². The van der Waals surface area contributed by atoms with Crippen LogP contribution in [0.2, 0.25) is 0 Å². The zero-order valence-corrected chi connectivity index (χ0v) is 10.6. The third kappa shape index (κ3) is 3.80. The summed E-state index contributed by atoms with van der Waals surface area (Å²) in [7, 11) is 0. The number of anilines is 1. The van der Waals surface area contributed by atoms with Gasteiger partial charge in [0.15, 0.2) is 0 Å². The fraction of sp³-hybridized carbons (Fsp3) is 0.0833. The van der Waals surface area contributed by atoms with Crippen molar-refractivity contribution in [3.05, 3.63) is 48.2 Å². The molecular formula is C12H13Cl2NO2. The molecule has 3 nitrogen and oxygen atoms in total. The second kappa shape index (κ2) is 6.99. The molecule has 1 aromatic rings. The van der Waals surface area contributed by atoms with Crippen LogP contribution in [0, 0.1) is 0 Å². The summed E-state index contributed by atoms with van der Waals surface area (Å²) in [5.74, 6) is -0.814. The summed E-state index contributed by atoms with van der Waals surface area (Å²) in [6.07, 6.45) is 5.49. The van der Waals surface area contributed by atoms with E-state index < -0.39 is 5.97 Å². The van der Waals surface area contributed by atoms with E-state index in [2.05, 4.69) is 5.32 Å². The van der Waals surface area contributed by atoms with Crippen molar-refractivity contribution in [1.82, 2.24) is 0 Å². The van der Waals surface area contributed by atoms with Gasteiger partial charge in [0.25, 0.3) is 0 Å². The summed E-state index contributed by atoms with van der Waals surface area (Å²) in [5.41, 5.74) is 2.71. The number of carboxylic acids is 1. The maximum absolute atomic E-state index is 10.7. The smallest absolute Gasteiger partial charge is 0.307 e. The maximum Gasteiger partial charge on any atom is 0.307 e. The Bertz CT molecular complexity index is 456. The van der Waals surface area contributed by atoms with Gasteiger partial charge in [-0.3, -0.25) is 4.79 Å². The van der Waals surface area contributed by atoms with Gasteiger partial charge in [0.05, 0.1) is 6.42 Å². The molecular weight excluding hydrogens is 261 g/mol. The second-order valence-electron chi connectivity index (χ2n) is 3.31. The van der Waals surface area contributed by atoms with Crippen LogP contribution < -0.4 is 5.32 Å². The van der Waals surface area contributed by atoms with Crippen molar-refractivity contribution in [2.24, 2.45) is 0 Å². The molecule has 0 saturated heterocycles. The Labute approximate surface area is 112 Å². The van der Waals surface area contributed by atoms with E-state index in [0.29, 0.717) is 0 Å². The van der Waals surface area contributed by atoms with Crippen molar-refractivity contribution in [3.8, 4) is 0 Å². The molecule has 0 unspecified atom stereocenters. The van der Waals surface area contributed by atoms with E-state index in [1.807, 2.05) is 36.4 Å². The summed E-state index contributed by atoms with van der Waals surface area (Å²) in [6.45, 7) is 0. The van der Waals surface area contributed by atoms with E-state index in [1.165, 1.54) is 0 Å². The summed E-state index contributed by atoms with van der Waals surface area (Å²) in [4.78, 5) is 10.7. The lowest BCUT2D eigenvalue weighted by Crippen LogP contribution is -1.98. The number of carboxylic acid groups (broad SMARTS) is 1. The van der Waals surface area contributed by atoms with Crippen LogP contribution in [0.5, 0.6) is 0 Å². The van der Waals surface area contributed by atoms with E-state index in [-0.39, 0.29) is 31.2 Å². The van der Waals surface area contributed by atoms with Gasteiger partial charge < -0.3 is 10.4 Å². The number of hydrogen-bond donors (Lipinski definition) is 2. The molecule has 1 aliphatic rings. The predicted octanol–water partition coefficient (Wildman–Crippen LogP) is 3.33. The highest BCUT2D eigenvalue weighted by molar-refractivity contribution is 5.89. The highest BCUT2D eigenvalue weighted by Gasteiger charge is 2.11. The molecule has 1 heterocycles. The number of para-hydroxylation sites is 1. The zero-order chi connectivity index (χ0) is 10.7. The van der Waals surface area contributed by atoms with Crippen LogP contribution in [0.15, 0.2) is 42.6 Å². The number of halogens is 2. The lowest BCUT2D eigenvalue weighted by atomic mass is 10.0. The molecule has 92 valence electrons. The number of nitrogens with one attached hydrogen (secondary N) is 1. The lowest BCUT2D eigenvalue weighted by molar-refractivity contribution is -0.135. The number of fused-ring (bicyclic) bond motifs is 1. The van der Waals surface area contributed by atoms with Crippen LogP contribution >= 0.6 is 24.8 Å². The van der Waals surface area contributed by atoms with Crippen LogP contribution in [0.1, 0.15) is 12.0 Å². The summed E-state index contributed by atoms with van der Waals surface area (Å²) in [5, 5.41) is 11.9. The third-order valence-electron chi connectivity index (χ3n) is 2.25. The van der Waals surface area contributed by atoms with Crippen molar-refractivity contribution in [2.45, 2.75) is 6.42 Å². The molecule has 0 aliphatic carbocycles. The van der Waals surface area contributed by atoms with Crippen LogP contribution in [0.25, 0.3) is 5.57 Å². The SMILES string of the molecule is Cl.Cl.O=C(O)CC1=CC=CNc2ccccc21. The van der Waals surface area contributed by atoms with Crippen LogP contribution in [-0.2, 0) is 4.79 Å². The zero-order valence-electron chi connectivity index (χ0n) is 8.92. The molecule has 0 saturated carbocycles. The largest absolute Gasteiger partial charge is 0.481 e. The molecule has 0 fully saturated rings. The second-order valence-corrected chi connectivity index (χ2v) is 3.31. The average Bonchev–Trinajstić information content (AvgIpc) is 2.41. The number of rotatable bonds is 2. The first-order chi connectivity index (χ1) is 7.27. The van der Waals surface area contributed by atoms with Crippen LogP contribution in [0.3, 0.4) is 0 Å². The molecule has 2 N–H and O–H groups in total. The van der Waals surface area contributed by atoms with E-state index in [1.54, 1.807) is 6.20 Å². The molecule has 5 heteroatoms. The lowest BCUT2D eigenvalue weighted by Gasteiger charge is -2.08. The van der Waals surface area contributed by atoms with Gasteiger partial charge in [-0.1, -0.05) is 24.3 Å². The van der Waals surface area contributed by atoms with Gasteiger partial charge in [0.1, 0.15) is 0 Å². The monoisotopic (exact) mass is 273 g/mol. The van der Waals surface area contributed by atoms with Crippen molar-refractivity contribution >= 4 is 42.0 Å². The Morgan fingerprint density at radius 2 is 1.94 bits per heavy atom. The van der Waals surface area contributed by atoms with Gasteiger partial charge in [-0.05, 0) is 17.7 Å². The molecule has 0 aromatic heterocycles. The Morgan fingerprint density at radius 3 is 2.65 bits per heavy atom. The van der Waals surface area contributed by atoms with E-state index in [9.17, 15) is 4.79 Å². The standard InChI is InChI=1S/C12H11NO2.2ClH/c14-12(15)8-9-4-3-7-13-11-6-2-1-5-10(9)11;;/h1-7,13H,8H2,(H,14,15);2*1H. The summed E-state index contributed by atoms with van der Waals surface area (Å²) >= 11 is 0. The number of carbonyl (C=O) groups is 1. The van der Waals surface area contributed by atoms with Gasteiger partial charge in [0, 0.05) is 17.5 Å². The molecule has 17 heavy (non-hydrogen) atoms. The molecule has 0 spiro atoms. The van der Waals surface area contributed by atoms with Gasteiger partial charge in [-0.2, -0.15) is 0 Å². The van der Waals surface area contributed by atoms with Crippen molar-refractivity contribution < 1.29 is 9.90 Å². The van der Waals surface area contributed by atoms with Gasteiger partial charge in [-0.15, -0.1) is 24.8 Å². The van der Waals surface area contributed by atoms with E-state index in [0.717, 1.165) is 16.8 Å². The first-order valence-electron chi connectivity index (χ1n) is 4.71. The molecule has 1 aromatic carbocycles. The Kier molecular flexibility index (Phi) is 6.39. The summed E-state index contributed by atoms with van der Waals surface area (Å²) < 4.78 is 0. The highest BCUT2D eigenvalue weighted by atomic mass is 35.5. The molecule has 0 radical (unpaired) electrons. The minimum Gasteiger partial charge on any atom is -0.481 e. The third-order valence-corrected chi connectivity index (χ3v) is 2.25. The molecule has 0 amide bonds. The molecule has 0 atom stereocenters. The maximum atomic E-state index is 10.7. The van der Waals surface area contributed by atoms with Crippen LogP contribution in [-0.4, -0.2) is 11.1 Å². The van der Waals surface area contributed by atoms with Gasteiger partial charge in [0.2, 0.25) is 0 Å². The normalized spacial score (nSPS) is 11.9. The van der Waals surface area contributed by atoms with Crippen molar-refractivity contribution in [1.29, 1.82) is 0 Å². The van der Waals surface area contributed by atoms with Crippen LogP contribution in [0.4, 0.5) is 5.69 Å². The topological polar surface area (TPSA) is 49.3 Å². The minimum absolute atomic E-state index is 0. The quantitative estimate of drug-likeness (QED) is 0.869. The first-order valence-corrected chi connectivity index (χ1v) is 4.71. The van der Waals surface area contributed by atoms with Gasteiger partial charge >= 0.3 is 5.97 Å². The Morgan fingerprint density at radius 1 is 1.24 bits per heavy atom. The Balaban J connectivity index is 0.00000128. The number of benzene rings is 1. The number of aliphatic carboxylic acids is 1. The first kappa shape index (κ1) is 15.6. The Hall–Kier alpha value is -1.45. The van der Waals surface area contributed by atoms with Gasteiger partial charge in [-0.25, -0.2) is 0 Å². The highest BCUT2D eigenvalue weighted by Crippen LogP contribution is 2.27.